The molecule has 1 heterocycles. The first kappa shape index (κ1) is 19.9. The molecule has 0 amide bonds. The average molecular weight is 393 g/mol. The van der Waals surface area contributed by atoms with Crippen LogP contribution in [0.3, 0.4) is 0 Å². The van der Waals surface area contributed by atoms with E-state index in [2.05, 4.69) is 4.98 Å². The number of aromatic nitrogens is 1. The lowest BCUT2D eigenvalue weighted by atomic mass is 9.84. The van der Waals surface area contributed by atoms with Crippen LogP contribution in [0, 0.1) is 5.82 Å². The summed E-state index contributed by atoms with van der Waals surface area (Å²) in [5.41, 5.74) is -0.458. The summed E-state index contributed by atoms with van der Waals surface area (Å²) in [6.07, 6.45) is -4.56. The second-order valence-electron chi connectivity index (χ2n) is 7.02. The minimum absolute atomic E-state index is 0.169. The van der Waals surface area contributed by atoms with Gasteiger partial charge in [0.25, 0.3) is 0 Å². The van der Waals surface area contributed by atoms with Crippen molar-refractivity contribution in [1.29, 1.82) is 0 Å². The van der Waals surface area contributed by atoms with Gasteiger partial charge in [-0.15, -0.1) is 0 Å². The predicted molar refractivity (Wildman–Crippen MR) is 98.4 cm³/mol. The molecule has 0 bridgehead atoms. The van der Waals surface area contributed by atoms with Crippen LogP contribution < -0.4 is 0 Å². The third-order valence-electron chi connectivity index (χ3n) is 4.71. The van der Waals surface area contributed by atoms with Gasteiger partial charge in [0.15, 0.2) is 0 Å². The van der Waals surface area contributed by atoms with Gasteiger partial charge in [0, 0.05) is 22.2 Å². The number of carbonyl (C=O) groups is 1. The van der Waals surface area contributed by atoms with Crippen molar-refractivity contribution in [1.82, 2.24) is 4.98 Å². The number of hydrogen-bond donors (Lipinski definition) is 1. The largest absolute Gasteiger partial charge is 0.465 e. The Morgan fingerprint density at radius 2 is 1.71 bits per heavy atom. The molecule has 148 valence electrons. The van der Waals surface area contributed by atoms with Gasteiger partial charge in [-0.25, -0.2) is 4.39 Å². The lowest BCUT2D eigenvalue weighted by Gasteiger charge is -2.22. The van der Waals surface area contributed by atoms with Crippen molar-refractivity contribution in [2.24, 2.45) is 0 Å². The molecule has 3 aromatic rings. The molecule has 0 unspecified atom stereocenters. The molecule has 7 heteroatoms. The van der Waals surface area contributed by atoms with Gasteiger partial charge in [-0.1, -0.05) is 6.07 Å². The Morgan fingerprint density at radius 3 is 2.36 bits per heavy atom. The SMILES string of the molecule is CCOC(=O)C(C)(C)c1ccc2[nH]c(-c3cc(C(F)(F)F)ccc3F)cc2c1. The van der Waals surface area contributed by atoms with Crippen LogP contribution in [0.25, 0.3) is 22.2 Å². The molecule has 0 spiro atoms. The third kappa shape index (κ3) is 3.61. The number of fused-ring (bicyclic) bond motifs is 1. The van der Waals surface area contributed by atoms with Crippen LogP contribution in [-0.2, 0) is 21.1 Å². The molecular weight excluding hydrogens is 374 g/mol. The summed E-state index contributed by atoms with van der Waals surface area (Å²) in [5.74, 6) is -1.14. The van der Waals surface area contributed by atoms with E-state index in [-0.39, 0.29) is 23.8 Å². The molecule has 3 rings (SSSR count). The van der Waals surface area contributed by atoms with Crippen LogP contribution >= 0.6 is 0 Å². The van der Waals surface area contributed by atoms with E-state index >= 15 is 0 Å². The van der Waals surface area contributed by atoms with Crippen LogP contribution in [0.15, 0.2) is 42.5 Å². The number of hydrogen-bond acceptors (Lipinski definition) is 2. The van der Waals surface area contributed by atoms with Crippen LogP contribution in [0.1, 0.15) is 31.9 Å². The maximum atomic E-state index is 14.2. The summed E-state index contributed by atoms with van der Waals surface area (Å²) < 4.78 is 58.2. The molecule has 0 aliphatic rings. The number of benzene rings is 2. The molecule has 0 radical (unpaired) electrons. The van der Waals surface area contributed by atoms with Crippen molar-refractivity contribution in [2.75, 3.05) is 6.61 Å². The summed E-state index contributed by atoms with van der Waals surface area (Å²) >= 11 is 0. The van der Waals surface area contributed by atoms with Crippen molar-refractivity contribution < 1.29 is 27.1 Å². The fraction of sp³-hybridized carbons (Fsp3) is 0.286. The molecule has 3 nitrogen and oxygen atoms in total. The monoisotopic (exact) mass is 393 g/mol. The number of carbonyl (C=O) groups excluding carboxylic acids is 1. The zero-order valence-corrected chi connectivity index (χ0v) is 15.6. The van der Waals surface area contributed by atoms with Crippen molar-refractivity contribution in [3.8, 4) is 11.3 Å². The standard InChI is InChI=1S/C21H19F4NO2/c1-4-28-19(27)20(2,3)13-6-8-17-12(9-13)10-18(26-17)15-11-14(21(23,24)25)5-7-16(15)22/h5-11,26H,4H2,1-3H3. The van der Waals surface area contributed by atoms with Crippen LogP contribution in [0.2, 0.25) is 0 Å². The van der Waals surface area contributed by atoms with Gasteiger partial charge >= 0.3 is 12.1 Å². The highest BCUT2D eigenvalue weighted by Gasteiger charge is 2.32. The van der Waals surface area contributed by atoms with E-state index in [1.165, 1.54) is 0 Å². The van der Waals surface area contributed by atoms with E-state index < -0.39 is 23.0 Å². The molecule has 0 aliphatic carbocycles. The maximum Gasteiger partial charge on any atom is 0.416 e. The number of halogens is 4. The Balaban J connectivity index is 2.06. The molecule has 0 saturated carbocycles. The number of aromatic amines is 1. The van der Waals surface area contributed by atoms with Gasteiger partial charge in [-0.3, -0.25) is 4.79 Å². The molecular formula is C21H19F4NO2. The maximum absolute atomic E-state index is 14.2. The minimum atomic E-state index is -4.56. The Hall–Kier alpha value is -2.83. The Morgan fingerprint density at radius 1 is 1.04 bits per heavy atom. The lowest BCUT2D eigenvalue weighted by Crippen LogP contribution is -2.31. The predicted octanol–water partition coefficient (Wildman–Crippen LogP) is 5.83. The van der Waals surface area contributed by atoms with E-state index in [0.29, 0.717) is 22.5 Å². The highest BCUT2D eigenvalue weighted by molar-refractivity contribution is 5.89. The molecule has 0 atom stereocenters. The van der Waals surface area contributed by atoms with Gasteiger partial charge in [0.1, 0.15) is 5.82 Å². The summed E-state index contributed by atoms with van der Waals surface area (Å²) in [6, 6.07) is 9.06. The van der Waals surface area contributed by atoms with E-state index in [0.717, 1.165) is 12.1 Å². The van der Waals surface area contributed by atoms with Crippen molar-refractivity contribution in [2.45, 2.75) is 32.4 Å². The Kier molecular flexibility index (Phi) is 4.95. The number of esters is 1. The van der Waals surface area contributed by atoms with Crippen LogP contribution in [0.4, 0.5) is 17.6 Å². The Bertz CT molecular complexity index is 1030. The zero-order valence-electron chi connectivity index (χ0n) is 15.6. The van der Waals surface area contributed by atoms with E-state index in [1.54, 1.807) is 45.0 Å². The lowest BCUT2D eigenvalue weighted by molar-refractivity contribution is -0.148. The quantitative estimate of drug-likeness (QED) is 0.447. The normalized spacial score (nSPS) is 12.4. The highest BCUT2D eigenvalue weighted by atomic mass is 19.4. The van der Waals surface area contributed by atoms with Crippen LogP contribution in [-0.4, -0.2) is 17.6 Å². The summed E-state index contributed by atoms with van der Waals surface area (Å²) in [5, 5.41) is 0.654. The topological polar surface area (TPSA) is 42.1 Å². The van der Waals surface area contributed by atoms with E-state index in [4.69, 9.17) is 4.74 Å². The molecule has 0 fully saturated rings. The van der Waals surface area contributed by atoms with Gasteiger partial charge in [0.2, 0.25) is 0 Å². The summed E-state index contributed by atoms with van der Waals surface area (Å²) in [7, 11) is 0. The molecule has 2 aromatic carbocycles. The Labute approximate surface area is 159 Å². The minimum Gasteiger partial charge on any atom is -0.465 e. The summed E-state index contributed by atoms with van der Waals surface area (Å²) in [6.45, 7) is 5.44. The molecule has 0 saturated heterocycles. The molecule has 0 aliphatic heterocycles. The van der Waals surface area contributed by atoms with Gasteiger partial charge < -0.3 is 9.72 Å². The first-order valence-corrected chi connectivity index (χ1v) is 8.71. The molecule has 28 heavy (non-hydrogen) atoms. The van der Waals surface area contributed by atoms with Gasteiger partial charge in [0.05, 0.1) is 17.6 Å². The number of ether oxygens (including phenoxy) is 1. The second-order valence-corrected chi connectivity index (χ2v) is 7.02. The number of nitrogens with one attached hydrogen (secondary N) is 1. The van der Waals surface area contributed by atoms with Crippen molar-refractivity contribution in [3.63, 3.8) is 0 Å². The number of H-pyrrole nitrogens is 1. The third-order valence-corrected chi connectivity index (χ3v) is 4.71. The smallest absolute Gasteiger partial charge is 0.416 e. The molecule has 1 aromatic heterocycles. The average Bonchev–Trinajstić information content (AvgIpc) is 3.04. The van der Waals surface area contributed by atoms with E-state index in [1.807, 2.05) is 0 Å². The van der Waals surface area contributed by atoms with Crippen molar-refractivity contribution in [3.05, 3.63) is 59.4 Å². The first-order valence-electron chi connectivity index (χ1n) is 8.71. The number of alkyl halides is 3. The number of rotatable bonds is 4. The van der Waals surface area contributed by atoms with Gasteiger partial charge in [-0.2, -0.15) is 13.2 Å². The summed E-state index contributed by atoms with van der Waals surface area (Å²) in [4.78, 5) is 15.2. The second kappa shape index (κ2) is 6.96. The van der Waals surface area contributed by atoms with Crippen LogP contribution in [0.5, 0.6) is 0 Å². The fourth-order valence-electron chi connectivity index (χ4n) is 3.00. The first-order chi connectivity index (χ1) is 13.0. The highest BCUT2D eigenvalue weighted by Crippen LogP contribution is 2.35. The molecule has 1 N–H and O–H groups in total. The zero-order chi connectivity index (χ0) is 20.7. The fourth-order valence-corrected chi connectivity index (χ4v) is 3.00. The van der Waals surface area contributed by atoms with Gasteiger partial charge in [-0.05, 0) is 62.7 Å². The van der Waals surface area contributed by atoms with E-state index in [9.17, 15) is 22.4 Å². The van der Waals surface area contributed by atoms with Crippen molar-refractivity contribution >= 4 is 16.9 Å².